The molecule has 0 aromatic heterocycles. The van der Waals surface area contributed by atoms with E-state index in [2.05, 4.69) is 5.32 Å². The second-order valence-corrected chi connectivity index (χ2v) is 4.87. The molecule has 2 aliphatic heterocycles. The molecule has 0 aliphatic carbocycles. The Morgan fingerprint density at radius 3 is 2.83 bits per heavy atom. The zero-order chi connectivity index (χ0) is 13.1. The number of carbonyl (C=O) groups excluding carboxylic acids is 1. The van der Waals surface area contributed by atoms with Crippen LogP contribution in [0.3, 0.4) is 0 Å². The fourth-order valence-corrected chi connectivity index (χ4v) is 2.40. The Balaban J connectivity index is 1.86. The largest absolute Gasteiger partial charge is 0.481 e. The number of nitrogens with two attached hydrogens (primary N) is 1. The number of aliphatic carboxylic acids is 1. The second-order valence-electron chi connectivity index (χ2n) is 4.87. The summed E-state index contributed by atoms with van der Waals surface area (Å²) in [5.74, 6) is -1.23. The molecule has 0 aromatic carbocycles. The number of likely N-dealkylation sites (tertiary alicyclic amines) is 1. The smallest absolute Gasteiger partial charge is 0.317 e. The summed E-state index contributed by atoms with van der Waals surface area (Å²) in [5.41, 5.74) is 5.57. The van der Waals surface area contributed by atoms with E-state index in [0.29, 0.717) is 25.6 Å². The van der Waals surface area contributed by atoms with Gasteiger partial charge in [-0.05, 0) is 18.9 Å². The molecule has 0 spiro atoms. The minimum atomic E-state index is -0.931. The fraction of sp³-hybridized carbons (Fsp3) is 0.818. The Labute approximate surface area is 105 Å². The number of hydrogen-bond donors (Lipinski definition) is 3. The van der Waals surface area contributed by atoms with Gasteiger partial charge in [-0.1, -0.05) is 0 Å². The van der Waals surface area contributed by atoms with Crippen molar-refractivity contribution in [1.82, 2.24) is 10.2 Å². The molecule has 4 N–H and O–H groups in total. The van der Waals surface area contributed by atoms with E-state index in [1.165, 1.54) is 0 Å². The van der Waals surface area contributed by atoms with Crippen LogP contribution >= 0.6 is 0 Å². The molecule has 2 aliphatic rings. The van der Waals surface area contributed by atoms with E-state index in [4.69, 9.17) is 15.6 Å². The van der Waals surface area contributed by atoms with Crippen molar-refractivity contribution in [2.24, 2.45) is 17.6 Å². The summed E-state index contributed by atoms with van der Waals surface area (Å²) in [6.07, 6.45) is 0.910. The van der Waals surface area contributed by atoms with Gasteiger partial charge in [0.25, 0.3) is 0 Å². The second kappa shape index (κ2) is 5.53. The third kappa shape index (κ3) is 2.73. The van der Waals surface area contributed by atoms with Crippen LogP contribution in [0.2, 0.25) is 0 Å². The molecule has 0 saturated carbocycles. The van der Waals surface area contributed by atoms with Gasteiger partial charge in [-0.15, -0.1) is 0 Å². The average molecular weight is 257 g/mol. The molecular weight excluding hydrogens is 238 g/mol. The fourth-order valence-electron chi connectivity index (χ4n) is 2.40. The third-order valence-corrected chi connectivity index (χ3v) is 3.61. The van der Waals surface area contributed by atoms with Crippen LogP contribution in [0.4, 0.5) is 4.79 Å². The maximum Gasteiger partial charge on any atom is 0.317 e. The lowest BCUT2D eigenvalue weighted by Crippen LogP contribution is -2.48. The van der Waals surface area contributed by atoms with Gasteiger partial charge in [0.1, 0.15) is 5.92 Å². The van der Waals surface area contributed by atoms with Crippen molar-refractivity contribution in [2.75, 3.05) is 32.8 Å². The van der Waals surface area contributed by atoms with Gasteiger partial charge in [-0.2, -0.15) is 0 Å². The van der Waals surface area contributed by atoms with Crippen LogP contribution in [-0.2, 0) is 9.53 Å². The summed E-state index contributed by atoms with van der Waals surface area (Å²) in [6, 6.07) is -0.653. The molecule has 3 unspecified atom stereocenters. The summed E-state index contributed by atoms with van der Waals surface area (Å²) in [5, 5.41) is 11.7. The van der Waals surface area contributed by atoms with Gasteiger partial charge >= 0.3 is 12.0 Å². The molecule has 102 valence electrons. The van der Waals surface area contributed by atoms with Crippen LogP contribution in [0.15, 0.2) is 0 Å². The van der Waals surface area contributed by atoms with E-state index >= 15 is 0 Å². The predicted molar refractivity (Wildman–Crippen MR) is 63.0 cm³/mol. The van der Waals surface area contributed by atoms with E-state index in [1.807, 2.05) is 0 Å². The van der Waals surface area contributed by atoms with Crippen molar-refractivity contribution in [1.29, 1.82) is 0 Å². The molecule has 2 saturated heterocycles. The van der Waals surface area contributed by atoms with Crippen LogP contribution in [0.25, 0.3) is 0 Å². The maximum atomic E-state index is 12.0. The number of nitrogens with zero attached hydrogens (tertiary/aromatic N) is 1. The summed E-state index contributed by atoms with van der Waals surface area (Å²) in [4.78, 5) is 24.6. The summed E-state index contributed by atoms with van der Waals surface area (Å²) < 4.78 is 5.10. The molecule has 7 heteroatoms. The van der Waals surface area contributed by atoms with Gasteiger partial charge in [-0.25, -0.2) is 4.79 Å². The molecule has 2 fully saturated rings. The first-order valence-electron chi connectivity index (χ1n) is 6.18. The molecule has 2 amide bonds. The summed E-state index contributed by atoms with van der Waals surface area (Å²) in [6.45, 7) is 2.32. The molecule has 18 heavy (non-hydrogen) atoms. The average Bonchev–Trinajstić information content (AvgIpc) is 2.96. The lowest BCUT2D eigenvalue weighted by molar-refractivity contribution is -0.142. The SMILES string of the molecule is NCC1CCN(C(=O)NC2COCC2C(=O)O)C1. The zero-order valence-electron chi connectivity index (χ0n) is 10.2. The number of nitrogens with one attached hydrogen (secondary N) is 1. The van der Waals surface area contributed by atoms with E-state index in [-0.39, 0.29) is 19.2 Å². The van der Waals surface area contributed by atoms with Crippen LogP contribution in [0, 0.1) is 11.8 Å². The molecule has 2 rings (SSSR count). The van der Waals surface area contributed by atoms with Crippen LogP contribution in [0.5, 0.6) is 0 Å². The number of carbonyl (C=O) groups is 2. The lowest BCUT2D eigenvalue weighted by Gasteiger charge is -2.21. The van der Waals surface area contributed by atoms with Crippen LogP contribution < -0.4 is 11.1 Å². The first kappa shape index (κ1) is 13.1. The van der Waals surface area contributed by atoms with Crippen LogP contribution in [-0.4, -0.2) is 60.9 Å². The van der Waals surface area contributed by atoms with Crippen LogP contribution in [0.1, 0.15) is 6.42 Å². The summed E-state index contributed by atoms with van der Waals surface area (Å²) in [7, 11) is 0. The number of amides is 2. The Morgan fingerprint density at radius 2 is 2.22 bits per heavy atom. The minimum Gasteiger partial charge on any atom is -0.481 e. The van der Waals surface area contributed by atoms with Crippen molar-refractivity contribution in [3.05, 3.63) is 0 Å². The number of rotatable bonds is 3. The van der Waals surface area contributed by atoms with Gasteiger partial charge in [0.2, 0.25) is 0 Å². The first-order chi connectivity index (χ1) is 8.61. The Morgan fingerprint density at radius 1 is 1.44 bits per heavy atom. The zero-order valence-corrected chi connectivity index (χ0v) is 10.2. The molecule has 0 radical (unpaired) electrons. The molecule has 2 heterocycles. The van der Waals surface area contributed by atoms with Crippen molar-refractivity contribution < 1.29 is 19.4 Å². The predicted octanol–water partition coefficient (Wildman–Crippen LogP) is -0.924. The van der Waals surface area contributed by atoms with E-state index in [1.54, 1.807) is 4.90 Å². The Hall–Kier alpha value is -1.34. The van der Waals surface area contributed by atoms with Crippen molar-refractivity contribution in [3.8, 4) is 0 Å². The Kier molecular flexibility index (Phi) is 4.03. The highest BCUT2D eigenvalue weighted by atomic mass is 16.5. The molecule has 0 aromatic rings. The quantitative estimate of drug-likeness (QED) is 0.606. The van der Waals surface area contributed by atoms with Crippen molar-refractivity contribution in [2.45, 2.75) is 12.5 Å². The van der Waals surface area contributed by atoms with Gasteiger partial charge in [-0.3, -0.25) is 4.79 Å². The Bertz CT molecular complexity index is 336. The number of carboxylic acids is 1. The van der Waals surface area contributed by atoms with Gasteiger partial charge in [0.15, 0.2) is 0 Å². The molecule has 7 nitrogen and oxygen atoms in total. The first-order valence-corrected chi connectivity index (χ1v) is 6.18. The topological polar surface area (TPSA) is 105 Å². The number of ether oxygens (including phenoxy) is 1. The standard InChI is InChI=1S/C11H19N3O4/c12-3-7-1-2-14(4-7)11(17)13-9-6-18-5-8(9)10(15)16/h7-9H,1-6,12H2,(H,13,17)(H,15,16). The van der Waals surface area contributed by atoms with E-state index in [0.717, 1.165) is 6.42 Å². The monoisotopic (exact) mass is 257 g/mol. The van der Waals surface area contributed by atoms with Crippen molar-refractivity contribution >= 4 is 12.0 Å². The highest BCUT2D eigenvalue weighted by molar-refractivity contribution is 5.77. The van der Waals surface area contributed by atoms with E-state index < -0.39 is 17.9 Å². The lowest BCUT2D eigenvalue weighted by atomic mass is 10.0. The highest BCUT2D eigenvalue weighted by Gasteiger charge is 2.36. The molecule has 0 bridgehead atoms. The molecule has 3 atom stereocenters. The number of hydrogen-bond acceptors (Lipinski definition) is 4. The summed E-state index contributed by atoms with van der Waals surface area (Å²) >= 11 is 0. The van der Waals surface area contributed by atoms with Gasteiger partial charge in [0.05, 0.1) is 19.3 Å². The van der Waals surface area contributed by atoms with Gasteiger partial charge in [0, 0.05) is 13.1 Å². The van der Waals surface area contributed by atoms with E-state index in [9.17, 15) is 9.59 Å². The normalized spacial score (nSPS) is 31.6. The maximum absolute atomic E-state index is 12.0. The molecular formula is C11H19N3O4. The number of carboxylic acid groups (broad SMARTS) is 1. The number of urea groups is 1. The minimum absolute atomic E-state index is 0.158. The van der Waals surface area contributed by atoms with Gasteiger partial charge < -0.3 is 25.8 Å². The third-order valence-electron chi connectivity index (χ3n) is 3.61. The van der Waals surface area contributed by atoms with Crippen molar-refractivity contribution in [3.63, 3.8) is 0 Å². The highest BCUT2D eigenvalue weighted by Crippen LogP contribution is 2.17.